The average molecular weight is 308 g/mol. The number of hydrogen-bond donors (Lipinski definition) is 4. The molecule has 1 heterocycles. The number of nitrogen functional groups attached to an aromatic ring is 1. The molecule has 3 rings (SSSR count). The summed E-state index contributed by atoms with van der Waals surface area (Å²) >= 11 is 1.17. The smallest absolute Gasteiger partial charge is 0.260 e. The van der Waals surface area contributed by atoms with E-state index in [2.05, 4.69) is 10.6 Å². The largest absolute Gasteiger partial charge is 0.397 e. The summed E-state index contributed by atoms with van der Waals surface area (Å²) in [6.45, 7) is 0.833. The first-order valence-electron chi connectivity index (χ1n) is 7.16. The maximum Gasteiger partial charge on any atom is 0.260 e. The van der Waals surface area contributed by atoms with Gasteiger partial charge in [0.2, 0.25) is 0 Å². The molecule has 2 aliphatic rings. The Kier molecular flexibility index (Phi) is 3.32. The van der Waals surface area contributed by atoms with Crippen LogP contribution in [0.15, 0.2) is 0 Å². The molecule has 2 amide bonds. The van der Waals surface area contributed by atoms with E-state index in [0.29, 0.717) is 16.0 Å². The van der Waals surface area contributed by atoms with Crippen molar-refractivity contribution in [3.05, 3.63) is 10.4 Å². The summed E-state index contributed by atoms with van der Waals surface area (Å²) in [6, 6.07) is 0. The number of nitrogens with one attached hydrogen (secondary N) is 2. The van der Waals surface area contributed by atoms with Gasteiger partial charge in [0.25, 0.3) is 11.8 Å². The molecule has 0 spiro atoms. The molecule has 0 radical (unpaired) electrons. The quantitative estimate of drug-likeness (QED) is 0.636. The van der Waals surface area contributed by atoms with Gasteiger partial charge in [0.1, 0.15) is 9.88 Å². The van der Waals surface area contributed by atoms with E-state index < -0.39 is 5.91 Å². The third-order valence-electron chi connectivity index (χ3n) is 4.56. The zero-order chi connectivity index (χ0) is 15.2. The van der Waals surface area contributed by atoms with Crippen LogP contribution in [0.2, 0.25) is 0 Å². The van der Waals surface area contributed by atoms with Gasteiger partial charge >= 0.3 is 0 Å². The predicted molar refractivity (Wildman–Crippen MR) is 83.5 cm³/mol. The van der Waals surface area contributed by atoms with Crippen molar-refractivity contribution >= 4 is 33.8 Å². The maximum atomic E-state index is 12.0. The first-order chi connectivity index (χ1) is 9.98. The molecule has 0 bridgehead atoms. The molecule has 0 unspecified atom stereocenters. The van der Waals surface area contributed by atoms with E-state index in [9.17, 15) is 9.59 Å². The van der Waals surface area contributed by atoms with Gasteiger partial charge in [-0.25, -0.2) is 0 Å². The summed E-state index contributed by atoms with van der Waals surface area (Å²) in [5.41, 5.74) is 12.1. The lowest BCUT2D eigenvalue weighted by Crippen LogP contribution is -2.22. The molecule has 2 fully saturated rings. The summed E-state index contributed by atoms with van der Waals surface area (Å²) in [6.07, 6.45) is 5.10. The number of carbonyl (C=O) groups is 2. The standard InChI is InChI=1S/C14H20N4O2S/c1-17-12(20)8-9(15)10(11(16)19)21-13(8)18-6-14(4-5-14)7-2-3-7/h7,18H,2-6,15H2,1H3,(H2,16,19)(H,17,20). The highest BCUT2D eigenvalue weighted by atomic mass is 32.1. The van der Waals surface area contributed by atoms with Crippen LogP contribution in [0.4, 0.5) is 10.7 Å². The normalized spacial score (nSPS) is 19.1. The molecule has 0 saturated heterocycles. The predicted octanol–water partition coefficient (Wildman–Crippen LogP) is 1.39. The van der Waals surface area contributed by atoms with Crippen LogP contribution in [-0.4, -0.2) is 25.4 Å². The molecule has 2 aliphatic carbocycles. The van der Waals surface area contributed by atoms with Gasteiger partial charge in [0.15, 0.2) is 0 Å². The molecule has 1 aromatic rings. The van der Waals surface area contributed by atoms with Crippen LogP contribution in [0.3, 0.4) is 0 Å². The van der Waals surface area contributed by atoms with E-state index in [4.69, 9.17) is 11.5 Å². The van der Waals surface area contributed by atoms with Crippen molar-refractivity contribution in [1.29, 1.82) is 0 Å². The van der Waals surface area contributed by atoms with Gasteiger partial charge in [-0.1, -0.05) is 0 Å². The first kappa shape index (κ1) is 14.2. The molecule has 7 heteroatoms. The van der Waals surface area contributed by atoms with Crippen molar-refractivity contribution in [2.24, 2.45) is 17.1 Å². The highest BCUT2D eigenvalue weighted by molar-refractivity contribution is 7.19. The van der Waals surface area contributed by atoms with Crippen molar-refractivity contribution < 1.29 is 9.59 Å². The maximum absolute atomic E-state index is 12.0. The minimum absolute atomic E-state index is 0.172. The van der Waals surface area contributed by atoms with E-state index in [1.54, 1.807) is 7.05 Å². The fraction of sp³-hybridized carbons (Fsp3) is 0.571. The zero-order valence-electron chi connectivity index (χ0n) is 12.0. The minimum Gasteiger partial charge on any atom is -0.397 e. The molecule has 0 atom stereocenters. The van der Waals surface area contributed by atoms with E-state index in [-0.39, 0.29) is 16.5 Å². The van der Waals surface area contributed by atoms with E-state index in [1.165, 1.54) is 37.0 Å². The second kappa shape index (κ2) is 4.91. The second-order valence-corrected chi connectivity index (χ2v) is 7.00. The fourth-order valence-corrected chi connectivity index (χ4v) is 3.91. The van der Waals surface area contributed by atoms with Crippen molar-refractivity contribution in [3.63, 3.8) is 0 Å². The minimum atomic E-state index is -0.598. The van der Waals surface area contributed by atoms with Gasteiger partial charge in [-0.05, 0) is 37.0 Å². The molecule has 2 saturated carbocycles. The van der Waals surface area contributed by atoms with Crippen LogP contribution in [0.5, 0.6) is 0 Å². The van der Waals surface area contributed by atoms with Crippen molar-refractivity contribution in [3.8, 4) is 0 Å². The summed E-state index contributed by atoms with van der Waals surface area (Å²) in [5, 5.41) is 6.54. The monoisotopic (exact) mass is 308 g/mol. The molecule has 114 valence electrons. The number of thiophene rings is 1. The molecular formula is C14H20N4O2S. The van der Waals surface area contributed by atoms with Crippen molar-refractivity contribution in [1.82, 2.24) is 5.32 Å². The third kappa shape index (κ3) is 2.46. The molecule has 1 aromatic heterocycles. The number of anilines is 2. The first-order valence-corrected chi connectivity index (χ1v) is 7.98. The lowest BCUT2D eigenvalue weighted by molar-refractivity contribution is 0.0964. The van der Waals surface area contributed by atoms with E-state index in [0.717, 1.165) is 12.5 Å². The number of carbonyl (C=O) groups excluding carboxylic acids is 2. The van der Waals surface area contributed by atoms with Gasteiger partial charge in [0.05, 0.1) is 11.3 Å². The van der Waals surface area contributed by atoms with Crippen LogP contribution < -0.4 is 22.1 Å². The topological polar surface area (TPSA) is 110 Å². The lowest BCUT2D eigenvalue weighted by atomic mass is 10.0. The SMILES string of the molecule is CNC(=O)c1c(NCC2(C3CC3)CC2)sc(C(N)=O)c1N. The molecule has 6 nitrogen and oxygen atoms in total. The zero-order valence-corrected chi connectivity index (χ0v) is 12.8. The van der Waals surface area contributed by atoms with Gasteiger partial charge in [-0.15, -0.1) is 11.3 Å². The fourth-order valence-electron chi connectivity index (χ4n) is 2.94. The van der Waals surface area contributed by atoms with Crippen molar-refractivity contribution in [2.45, 2.75) is 25.7 Å². The Balaban J connectivity index is 1.84. The molecule has 0 aliphatic heterocycles. The number of hydrogen-bond acceptors (Lipinski definition) is 5. The van der Waals surface area contributed by atoms with Crippen LogP contribution in [0, 0.1) is 11.3 Å². The van der Waals surface area contributed by atoms with Gasteiger partial charge < -0.3 is 22.1 Å². The number of amides is 2. The van der Waals surface area contributed by atoms with E-state index in [1.807, 2.05) is 0 Å². The molecular weight excluding hydrogens is 288 g/mol. The summed E-state index contributed by atoms with van der Waals surface area (Å²) in [7, 11) is 1.54. The van der Waals surface area contributed by atoms with Gasteiger partial charge in [-0.3, -0.25) is 9.59 Å². The van der Waals surface area contributed by atoms with Crippen LogP contribution in [-0.2, 0) is 0 Å². The number of rotatable bonds is 6. The third-order valence-corrected chi connectivity index (χ3v) is 5.74. The Bertz CT molecular complexity index is 602. The summed E-state index contributed by atoms with van der Waals surface area (Å²) in [4.78, 5) is 23.7. The van der Waals surface area contributed by atoms with Gasteiger partial charge in [0, 0.05) is 13.6 Å². The number of nitrogens with two attached hydrogens (primary N) is 2. The molecule has 0 aromatic carbocycles. The Hall–Kier alpha value is -1.76. The summed E-state index contributed by atoms with van der Waals surface area (Å²) < 4.78 is 0. The highest BCUT2D eigenvalue weighted by Gasteiger charge is 2.53. The molecule has 21 heavy (non-hydrogen) atoms. The lowest BCUT2D eigenvalue weighted by Gasteiger charge is -2.15. The van der Waals surface area contributed by atoms with Crippen molar-refractivity contribution in [2.75, 3.05) is 24.6 Å². The summed E-state index contributed by atoms with van der Waals surface area (Å²) in [5.74, 6) is -0.0737. The van der Waals surface area contributed by atoms with Crippen LogP contribution in [0.1, 0.15) is 45.7 Å². The Morgan fingerprint density at radius 1 is 1.38 bits per heavy atom. The van der Waals surface area contributed by atoms with Crippen LogP contribution >= 0.6 is 11.3 Å². The Morgan fingerprint density at radius 3 is 2.52 bits per heavy atom. The second-order valence-electron chi connectivity index (χ2n) is 5.98. The van der Waals surface area contributed by atoms with Crippen LogP contribution in [0.25, 0.3) is 0 Å². The average Bonchev–Trinajstić information content (AvgIpc) is 3.33. The molecule has 6 N–H and O–H groups in total. The highest BCUT2D eigenvalue weighted by Crippen LogP contribution is 2.61. The Morgan fingerprint density at radius 2 is 2.05 bits per heavy atom. The number of primary amides is 1. The van der Waals surface area contributed by atoms with E-state index >= 15 is 0 Å². The Labute approximate surface area is 127 Å². The van der Waals surface area contributed by atoms with Gasteiger partial charge in [-0.2, -0.15) is 0 Å².